The lowest BCUT2D eigenvalue weighted by Gasteiger charge is -2.07. The quantitative estimate of drug-likeness (QED) is 0.680. The molecular formula is C11H12O3. The summed E-state index contributed by atoms with van der Waals surface area (Å²) < 4.78 is 10.6. The lowest BCUT2D eigenvalue weighted by atomic mass is 10.1. The van der Waals surface area contributed by atoms with Crippen molar-refractivity contribution in [2.45, 2.75) is 12.5 Å². The van der Waals surface area contributed by atoms with Crippen LogP contribution in [-0.2, 0) is 11.2 Å². The summed E-state index contributed by atoms with van der Waals surface area (Å²) in [6.07, 6.45) is 1.77. The van der Waals surface area contributed by atoms with Crippen LogP contribution in [0.5, 0.6) is 5.75 Å². The summed E-state index contributed by atoms with van der Waals surface area (Å²) in [4.78, 5) is 10.5. The first-order chi connectivity index (χ1) is 6.83. The van der Waals surface area contributed by atoms with Crippen LogP contribution in [0.4, 0.5) is 0 Å². The largest absolute Gasteiger partial charge is 0.487 e. The first-order valence-corrected chi connectivity index (χ1v) is 4.57. The van der Waals surface area contributed by atoms with E-state index in [1.165, 1.54) is 0 Å². The molecule has 0 radical (unpaired) electrons. The molecule has 1 atom stereocenters. The van der Waals surface area contributed by atoms with Crippen molar-refractivity contribution >= 4 is 6.29 Å². The third-order valence-corrected chi connectivity index (χ3v) is 2.31. The van der Waals surface area contributed by atoms with Gasteiger partial charge >= 0.3 is 0 Å². The molecule has 0 N–H and O–H groups in total. The van der Waals surface area contributed by atoms with Crippen LogP contribution < -0.4 is 4.74 Å². The number of ether oxygens (including phenoxy) is 2. The summed E-state index contributed by atoms with van der Waals surface area (Å²) in [5.74, 6) is 0.873. The Kier molecular flexibility index (Phi) is 2.50. The second-order valence-electron chi connectivity index (χ2n) is 3.38. The SMILES string of the molecule is COCC1Cc2cc(C=O)ccc2O1. The Hall–Kier alpha value is -1.35. The number of benzene rings is 1. The second kappa shape index (κ2) is 3.80. The standard InChI is InChI=1S/C11H12O3/c1-13-7-10-5-9-4-8(6-12)2-3-11(9)14-10/h2-4,6,10H,5,7H2,1H3. The third kappa shape index (κ3) is 1.63. The zero-order valence-corrected chi connectivity index (χ0v) is 8.03. The van der Waals surface area contributed by atoms with Crippen LogP contribution in [-0.4, -0.2) is 26.1 Å². The zero-order valence-electron chi connectivity index (χ0n) is 8.03. The lowest BCUT2D eigenvalue weighted by Crippen LogP contribution is -2.19. The van der Waals surface area contributed by atoms with Gasteiger partial charge in [0.25, 0.3) is 0 Å². The molecule has 1 aliphatic heterocycles. The molecule has 0 aliphatic carbocycles. The molecule has 0 saturated heterocycles. The van der Waals surface area contributed by atoms with Crippen LogP contribution in [0.15, 0.2) is 18.2 Å². The van der Waals surface area contributed by atoms with Crippen LogP contribution in [0.2, 0.25) is 0 Å². The average Bonchev–Trinajstić information content (AvgIpc) is 2.59. The van der Waals surface area contributed by atoms with Gasteiger partial charge in [0, 0.05) is 19.1 Å². The number of methoxy groups -OCH3 is 1. The number of aldehydes is 1. The Morgan fingerprint density at radius 1 is 1.64 bits per heavy atom. The van der Waals surface area contributed by atoms with Gasteiger partial charge in [-0.3, -0.25) is 4.79 Å². The average molecular weight is 192 g/mol. The Morgan fingerprint density at radius 3 is 3.21 bits per heavy atom. The lowest BCUT2D eigenvalue weighted by molar-refractivity contribution is 0.0951. The highest BCUT2D eigenvalue weighted by Crippen LogP contribution is 2.29. The maximum absolute atomic E-state index is 10.5. The fourth-order valence-electron chi connectivity index (χ4n) is 1.69. The van der Waals surface area contributed by atoms with Crippen molar-refractivity contribution in [1.82, 2.24) is 0 Å². The monoisotopic (exact) mass is 192 g/mol. The number of hydrogen-bond acceptors (Lipinski definition) is 3. The van der Waals surface area contributed by atoms with Crippen LogP contribution >= 0.6 is 0 Å². The fourth-order valence-corrected chi connectivity index (χ4v) is 1.69. The molecule has 0 aromatic heterocycles. The Labute approximate surface area is 82.6 Å². The highest BCUT2D eigenvalue weighted by atomic mass is 16.5. The van der Waals surface area contributed by atoms with Crippen molar-refractivity contribution in [3.05, 3.63) is 29.3 Å². The van der Waals surface area contributed by atoms with Gasteiger partial charge in [0.05, 0.1) is 6.61 Å². The molecule has 0 amide bonds. The molecule has 14 heavy (non-hydrogen) atoms. The highest BCUT2D eigenvalue weighted by Gasteiger charge is 2.22. The third-order valence-electron chi connectivity index (χ3n) is 2.31. The van der Waals surface area contributed by atoms with E-state index in [4.69, 9.17) is 9.47 Å². The van der Waals surface area contributed by atoms with Gasteiger partial charge in [-0.05, 0) is 23.8 Å². The highest BCUT2D eigenvalue weighted by molar-refractivity contribution is 5.75. The minimum Gasteiger partial charge on any atom is -0.487 e. The first kappa shape index (κ1) is 9.21. The number of carbonyl (C=O) groups excluding carboxylic acids is 1. The molecule has 0 spiro atoms. The number of carbonyl (C=O) groups is 1. The molecule has 1 aromatic rings. The molecule has 1 heterocycles. The Bertz CT molecular complexity index is 346. The van der Waals surface area contributed by atoms with Crippen LogP contribution in [0, 0.1) is 0 Å². The predicted molar refractivity (Wildman–Crippen MR) is 51.8 cm³/mol. The van der Waals surface area contributed by atoms with E-state index >= 15 is 0 Å². The molecule has 0 fully saturated rings. The second-order valence-corrected chi connectivity index (χ2v) is 3.38. The van der Waals surface area contributed by atoms with Gasteiger partial charge in [0.2, 0.25) is 0 Å². The minimum atomic E-state index is 0.0944. The van der Waals surface area contributed by atoms with Gasteiger partial charge in [0.1, 0.15) is 18.1 Å². The van der Waals surface area contributed by atoms with E-state index in [1.807, 2.05) is 12.1 Å². The Balaban J connectivity index is 2.18. The van der Waals surface area contributed by atoms with E-state index in [0.717, 1.165) is 24.0 Å². The summed E-state index contributed by atoms with van der Waals surface area (Å²) >= 11 is 0. The van der Waals surface area contributed by atoms with Gasteiger partial charge in [-0.1, -0.05) is 0 Å². The topological polar surface area (TPSA) is 35.5 Å². The van der Waals surface area contributed by atoms with E-state index in [-0.39, 0.29) is 6.10 Å². The van der Waals surface area contributed by atoms with E-state index in [9.17, 15) is 4.79 Å². The zero-order chi connectivity index (χ0) is 9.97. The predicted octanol–water partition coefficient (Wildman–Crippen LogP) is 1.45. The molecule has 1 aliphatic rings. The van der Waals surface area contributed by atoms with Crippen LogP contribution in [0.3, 0.4) is 0 Å². The summed E-state index contributed by atoms with van der Waals surface area (Å²) in [5.41, 5.74) is 1.79. The van der Waals surface area contributed by atoms with Crippen molar-refractivity contribution in [2.24, 2.45) is 0 Å². The van der Waals surface area contributed by atoms with Crippen molar-refractivity contribution in [2.75, 3.05) is 13.7 Å². The molecule has 1 unspecified atom stereocenters. The molecular weight excluding hydrogens is 180 g/mol. The van der Waals surface area contributed by atoms with E-state index < -0.39 is 0 Å². The summed E-state index contributed by atoms with van der Waals surface area (Å²) in [5, 5.41) is 0. The van der Waals surface area contributed by atoms with Crippen molar-refractivity contribution < 1.29 is 14.3 Å². The van der Waals surface area contributed by atoms with Gasteiger partial charge in [0.15, 0.2) is 0 Å². The maximum atomic E-state index is 10.5. The van der Waals surface area contributed by atoms with Crippen LogP contribution in [0.1, 0.15) is 15.9 Å². The van der Waals surface area contributed by atoms with Crippen molar-refractivity contribution in [3.63, 3.8) is 0 Å². The summed E-state index contributed by atoms with van der Waals surface area (Å²) in [6, 6.07) is 5.48. The number of hydrogen-bond donors (Lipinski definition) is 0. The summed E-state index contributed by atoms with van der Waals surface area (Å²) in [6.45, 7) is 0.588. The molecule has 74 valence electrons. The molecule has 1 aromatic carbocycles. The van der Waals surface area contributed by atoms with Crippen molar-refractivity contribution in [1.29, 1.82) is 0 Å². The number of rotatable bonds is 3. The van der Waals surface area contributed by atoms with E-state index in [2.05, 4.69) is 0 Å². The minimum absolute atomic E-state index is 0.0944. The Morgan fingerprint density at radius 2 is 2.50 bits per heavy atom. The van der Waals surface area contributed by atoms with Gasteiger partial charge < -0.3 is 9.47 Å². The maximum Gasteiger partial charge on any atom is 0.150 e. The molecule has 3 nitrogen and oxygen atoms in total. The summed E-state index contributed by atoms with van der Waals surface area (Å²) in [7, 11) is 1.66. The van der Waals surface area contributed by atoms with Crippen LogP contribution in [0.25, 0.3) is 0 Å². The normalized spacial score (nSPS) is 18.8. The van der Waals surface area contributed by atoms with E-state index in [0.29, 0.717) is 12.2 Å². The first-order valence-electron chi connectivity index (χ1n) is 4.57. The fraction of sp³-hybridized carbons (Fsp3) is 0.364. The molecule has 0 bridgehead atoms. The van der Waals surface area contributed by atoms with E-state index in [1.54, 1.807) is 13.2 Å². The van der Waals surface area contributed by atoms with Crippen molar-refractivity contribution in [3.8, 4) is 5.75 Å². The van der Waals surface area contributed by atoms with Gasteiger partial charge in [-0.2, -0.15) is 0 Å². The van der Waals surface area contributed by atoms with Gasteiger partial charge in [-0.25, -0.2) is 0 Å². The molecule has 2 rings (SSSR count). The molecule has 0 saturated carbocycles. The number of fused-ring (bicyclic) bond motifs is 1. The molecule has 3 heteroatoms. The smallest absolute Gasteiger partial charge is 0.150 e. The van der Waals surface area contributed by atoms with Gasteiger partial charge in [-0.15, -0.1) is 0 Å².